The van der Waals surface area contributed by atoms with Gasteiger partial charge in [-0.2, -0.15) is 0 Å². The molecular weight excluding hydrogens is 1320 g/mol. The highest BCUT2D eigenvalue weighted by Gasteiger charge is 2.30. The maximum Gasteiger partial charge on any atom is 0.472 e. The zero-order valence-corrected chi connectivity index (χ0v) is 67.8. The number of hydrogen-bond acceptors (Lipinski definition) is 15. The number of hydrogen-bond donors (Lipinski definition) is 3. The van der Waals surface area contributed by atoms with E-state index in [0.717, 1.165) is 96.3 Å². The molecule has 17 nitrogen and oxygen atoms in total. The van der Waals surface area contributed by atoms with Crippen molar-refractivity contribution >= 4 is 39.5 Å². The van der Waals surface area contributed by atoms with Crippen molar-refractivity contribution in [3.8, 4) is 0 Å². The SMILES string of the molecule is CCCCCCCCCCCCCCCCCCCCCCCCC(=O)O[C@H](COC(=O)CCCCCCCCCCCCCCCCCC)COP(=O)(O)OC[C@@H](O)COP(=O)(O)OC[C@@H](COC(=O)CCCCCCCCC(C)C)OC(=O)CCCCCCCCCCCCCCCC. The summed E-state index contributed by atoms with van der Waals surface area (Å²) < 4.78 is 68.7. The number of phosphoric ester groups is 2. The third-order valence-electron chi connectivity index (χ3n) is 19.3. The lowest BCUT2D eigenvalue weighted by molar-refractivity contribution is -0.161. The summed E-state index contributed by atoms with van der Waals surface area (Å²) in [5, 5.41) is 10.6. The first kappa shape index (κ1) is 99.1. The van der Waals surface area contributed by atoms with Crippen molar-refractivity contribution in [2.75, 3.05) is 39.6 Å². The highest BCUT2D eigenvalue weighted by Crippen LogP contribution is 2.45. The molecule has 0 aromatic rings. The van der Waals surface area contributed by atoms with Crippen molar-refractivity contribution in [1.29, 1.82) is 0 Å². The normalized spacial score (nSPS) is 13.8. The fraction of sp³-hybridized carbons (Fsp3) is 0.951. The fourth-order valence-corrected chi connectivity index (χ4v) is 14.3. The van der Waals surface area contributed by atoms with Crippen molar-refractivity contribution in [2.45, 2.75) is 457 Å². The van der Waals surface area contributed by atoms with Gasteiger partial charge in [-0.05, 0) is 31.6 Å². The van der Waals surface area contributed by atoms with Crippen LogP contribution in [0.3, 0.4) is 0 Å². The Morgan fingerprint density at radius 3 is 0.673 bits per heavy atom. The molecule has 19 heteroatoms. The number of rotatable bonds is 82. The smallest absolute Gasteiger partial charge is 0.462 e. The van der Waals surface area contributed by atoms with Gasteiger partial charge in [0.05, 0.1) is 26.4 Å². The summed E-state index contributed by atoms with van der Waals surface area (Å²) in [6.45, 7) is 7.25. The maximum absolute atomic E-state index is 13.1. The fourth-order valence-electron chi connectivity index (χ4n) is 12.8. The van der Waals surface area contributed by atoms with E-state index in [0.29, 0.717) is 31.6 Å². The van der Waals surface area contributed by atoms with E-state index in [4.69, 9.17) is 37.0 Å². The van der Waals surface area contributed by atoms with Gasteiger partial charge in [0.2, 0.25) is 0 Å². The molecule has 0 fully saturated rings. The van der Waals surface area contributed by atoms with Crippen molar-refractivity contribution in [3.63, 3.8) is 0 Å². The van der Waals surface area contributed by atoms with Crippen LogP contribution in [0.15, 0.2) is 0 Å². The molecule has 101 heavy (non-hydrogen) atoms. The Bertz CT molecular complexity index is 1930. The molecule has 0 bridgehead atoms. The van der Waals surface area contributed by atoms with Gasteiger partial charge in [0.25, 0.3) is 0 Å². The molecule has 0 rings (SSSR count). The van der Waals surface area contributed by atoms with Crippen LogP contribution in [0, 0.1) is 5.92 Å². The Labute approximate surface area is 619 Å². The van der Waals surface area contributed by atoms with E-state index in [1.54, 1.807) is 0 Å². The van der Waals surface area contributed by atoms with E-state index in [-0.39, 0.29) is 25.7 Å². The zero-order valence-electron chi connectivity index (χ0n) is 66.1. The van der Waals surface area contributed by atoms with E-state index in [2.05, 4.69) is 34.6 Å². The predicted octanol–water partition coefficient (Wildman–Crippen LogP) is 24.8. The maximum atomic E-state index is 13.1. The summed E-state index contributed by atoms with van der Waals surface area (Å²) in [6, 6.07) is 0. The molecule has 0 aliphatic carbocycles. The van der Waals surface area contributed by atoms with Crippen LogP contribution in [-0.2, 0) is 65.4 Å². The van der Waals surface area contributed by atoms with Gasteiger partial charge in [0, 0.05) is 25.7 Å². The Morgan fingerprint density at radius 2 is 0.455 bits per heavy atom. The van der Waals surface area contributed by atoms with E-state index in [1.807, 2.05) is 0 Å². The highest BCUT2D eigenvalue weighted by molar-refractivity contribution is 7.47. The van der Waals surface area contributed by atoms with Gasteiger partial charge in [0.1, 0.15) is 19.3 Å². The summed E-state index contributed by atoms with van der Waals surface area (Å²) >= 11 is 0. The quantitative estimate of drug-likeness (QED) is 0.0222. The van der Waals surface area contributed by atoms with E-state index < -0.39 is 97.5 Å². The second-order valence-electron chi connectivity index (χ2n) is 30.0. The van der Waals surface area contributed by atoms with Crippen molar-refractivity contribution in [3.05, 3.63) is 0 Å². The van der Waals surface area contributed by atoms with E-state index in [1.165, 1.54) is 257 Å². The largest absolute Gasteiger partial charge is 0.472 e. The van der Waals surface area contributed by atoms with Gasteiger partial charge in [-0.3, -0.25) is 37.3 Å². The number of phosphoric acid groups is 2. The monoisotopic (exact) mass is 1480 g/mol. The molecule has 0 radical (unpaired) electrons. The van der Waals surface area contributed by atoms with Crippen LogP contribution in [0.4, 0.5) is 0 Å². The molecule has 0 aliphatic heterocycles. The molecule has 0 spiro atoms. The van der Waals surface area contributed by atoms with Crippen LogP contribution >= 0.6 is 15.6 Å². The molecule has 600 valence electrons. The van der Waals surface area contributed by atoms with Crippen LogP contribution in [0.5, 0.6) is 0 Å². The number of carbonyl (C=O) groups is 4. The number of carbonyl (C=O) groups excluding carboxylic acids is 4. The standard InChI is InChI=1S/C82H160O17P2/c1-6-9-12-15-18-21-24-27-30-32-33-34-35-36-37-39-42-45-48-51-58-63-68-81(86)98-77(71-92-79(84)65-60-55-49-46-43-41-38-31-28-25-22-19-16-13-10-7-2)73-96-100(88,89)94-69-76(83)70-95-101(90,91)97-74-78(72-93-80(85)66-61-56-53-52-54-59-64-75(4)5)99-82(87)67-62-57-50-47-44-40-29-26-23-20-17-14-11-8-3/h75-78,83H,6-74H2,1-5H3,(H,88,89)(H,90,91)/t76-,77-,78-/m1/s1. The van der Waals surface area contributed by atoms with Gasteiger partial charge in [0.15, 0.2) is 12.2 Å². The minimum atomic E-state index is -4.96. The Hall–Kier alpha value is -1.94. The first-order chi connectivity index (χ1) is 49.0. The van der Waals surface area contributed by atoms with Crippen LogP contribution in [-0.4, -0.2) is 96.7 Å². The molecule has 0 aliphatic rings. The number of aliphatic hydroxyl groups is 1. The molecule has 0 aromatic heterocycles. The molecule has 0 saturated heterocycles. The summed E-state index contributed by atoms with van der Waals surface area (Å²) in [4.78, 5) is 73.0. The van der Waals surface area contributed by atoms with Gasteiger partial charge >= 0.3 is 39.5 Å². The predicted molar refractivity (Wildman–Crippen MR) is 414 cm³/mol. The molecule has 0 amide bonds. The second kappa shape index (κ2) is 74.9. The minimum Gasteiger partial charge on any atom is -0.462 e. The summed E-state index contributed by atoms with van der Waals surface area (Å²) in [7, 11) is -9.92. The number of ether oxygens (including phenoxy) is 4. The first-order valence-electron chi connectivity index (χ1n) is 42.6. The average Bonchev–Trinajstić information content (AvgIpc) is 0.949. The summed E-state index contributed by atoms with van der Waals surface area (Å²) in [5.41, 5.74) is 0. The Kier molecular flexibility index (Phi) is 73.5. The lowest BCUT2D eigenvalue weighted by Crippen LogP contribution is -2.30. The van der Waals surface area contributed by atoms with Gasteiger partial charge in [-0.15, -0.1) is 0 Å². The lowest BCUT2D eigenvalue weighted by atomic mass is 10.0. The third kappa shape index (κ3) is 76.1. The Balaban J connectivity index is 5.19. The number of aliphatic hydroxyl groups excluding tert-OH is 1. The highest BCUT2D eigenvalue weighted by atomic mass is 31.2. The van der Waals surface area contributed by atoms with Gasteiger partial charge < -0.3 is 33.8 Å². The lowest BCUT2D eigenvalue weighted by Gasteiger charge is -2.21. The zero-order chi connectivity index (χ0) is 74.1. The first-order valence-corrected chi connectivity index (χ1v) is 45.6. The molecular formula is C82H160O17P2. The Morgan fingerprint density at radius 1 is 0.267 bits per heavy atom. The van der Waals surface area contributed by atoms with E-state index in [9.17, 15) is 43.2 Å². The third-order valence-corrected chi connectivity index (χ3v) is 21.2. The molecule has 0 heterocycles. The number of unbranched alkanes of at least 4 members (excludes halogenated alkanes) is 54. The molecule has 0 aromatic carbocycles. The van der Waals surface area contributed by atoms with Crippen LogP contribution in [0.1, 0.15) is 439 Å². The van der Waals surface area contributed by atoms with Crippen molar-refractivity contribution in [1.82, 2.24) is 0 Å². The molecule has 5 atom stereocenters. The second-order valence-corrected chi connectivity index (χ2v) is 32.9. The van der Waals surface area contributed by atoms with Crippen LogP contribution in [0.25, 0.3) is 0 Å². The van der Waals surface area contributed by atoms with Crippen molar-refractivity contribution < 1.29 is 80.2 Å². The summed E-state index contributed by atoms with van der Waals surface area (Å²) in [6.07, 6.45) is 66.9. The van der Waals surface area contributed by atoms with E-state index >= 15 is 0 Å². The number of esters is 4. The summed E-state index contributed by atoms with van der Waals surface area (Å²) in [5.74, 6) is -1.43. The molecule has 2 unspecified atom stereocenters. The topological polar surface area (TPSA) is 237 Å². The van der Waals surface area contributed by atoms with Crippen LogP contribution in [0.2, 0.25) is 0 Å². The van der Waals surface area contributed by atoms with Gasteiger partial charge in [-0.1, -0.05) is 388 Å². The molecule has 3 N–H and O–H groups in total. The minimum absolute atomic E-state index is 0.107. The van der Waals surface area contributed by atoms with Gasteiger partial charge in [-0.25, -0.2) is 9.13 Å². The van der Waals surface area contributed by atoms with Crippen molar-refractivity contribution in [2.24, 2.45) is 5.92 Å². The average molecular weight is 1480 g/mol. The molecule has 0 saturated carbocycles. The van der Waals surface area contributed by atoms with Crippen LogP contribution < -0.4 is 0 Å².